The Hall–Kier alpha value is -1.88. The lowest BCUT2D eigenvalue weighted by molar-refractivity contribution is -0.133. The van der Waals surface area contributed by atoms with Gasteiger partial charge in [0, 0.05) is 12.7 Å². The van der Waals surface area contributed by atoms with Gasteiger partial charge >= 0.3 is 0 Å². The molecule has 0 aliphatic carbocycles. The van der Waals surface area contributed by atoms with Crippen molar-refractivity contribution in [2.24, 2.45) is 0 Å². The minimum absolute atomic E-state index is 0.0665. The fourth-order valence-electron chi connectivity index (χ4n) is 2.46. The maximum Gasteiger partial charge on any atom is 0.250 e. The van der Waals surface area contributed by atoms with Gasteiger partial charge in [-0.3, -0.25) is 14.5 Å². The van der Waals surface area contributed by atoms with E-state index in [-0.39, 0.29) is 11.8 Å². The van der Waals surface area contributed by atoms with Crippen LogP contribution in [0.1, 0.15) is 25.8 Å². The summed E-state index contributed by atoms with van der Waals surface area (Å²) in [5.74, 6) is -0.188. The van der Waals surface area contributed by atoms with Crippen molar-refractivity contribution in [2.45, 2.75) is 39.0 Å². The second-order valence-corrected chi connectivity index (χ2v) is 4.92. The van der Waals surface area contributed by atoms with Crippen LogP contribution in [-0.4, -0.2) is 31.0 Å². The molecule has 5 nitrogen and oxygen atoms in total. The molecule has 1 aliphatic heterocycles. The summed E-state index contributed by atoms with van der Waals surface area (Å²) in [7, 11) is 1.61. The molecule has 0 radical (unpaired) electrons. The summed E-state index contributed by atoms with van der Waals surface area (Å²) in [5.41, 5.74) is 1.65. The summed E-state index contributed by atoms with van der Waals surface area (Å²) in [6.07, 6.45) is 0.584. The topological polar surface area (TPSA) is 58.6 Å². The van der Waals surface area contributed by atoms with Crippen molar-refractivity contribution in [3.63, 3.8) is 0 Å². The highest BCUT2D eigenvalue weighted by Crippen LogP contribution is 2.26. The van der Waals surface area contributed by atoms with E-state index in [2.05, 4.69) is 5.32 Å². The van der Waals surface area contributed by atoms with Gasteiger partial charge in [0.1, 0.15) is 12.1 Å². The monoisotopic (exact) mass is 276 g/mol. The van der Waals surface area contributed by atoms with Gasteiger partial charge in [-0.1, -0.05) is 25.1 Å². The summed E-state index contributed by atoms with van der Waals surface area (Å²) < 4.78 is 5.17. The van der Waals surface area contributed by atoms with Crippen LogP contribution in [0.4, 0.5) is 5.69 Å². The summed E-state index contributed by atoms with van der Waals surface area (Å²) >= 11 is 0. The number of carbonyl (C=O) groups excluding carboxylic acids is 2. The van der Waals surface area contributed by atoms with Gasteiger partial charge in [0.2, 0.25) is 11.8 Å². The Kier molecular flexibility index (Phi) is 4.39. The van der Waals surface area contributed by atoms with E-state index in [1.54, 1.807) is 18.9 Å². The molecule has 0 aromatic heterocycles. The molecule has 0 saturated carbocycles. The molecule has 20 heavy (non-hydrogen) atoms. The lowest BCUT2D eigenvalue weighted by Gasteiger charge is -2.38. The Labute approximate surface area is 118 Å². The predicted molar refractivity (Wildman–Crippen MR) is 76.3 cm³/mol. The number of hydrogen-bond donors (Lipinski definition) is 1. The molecule has 2 atom stereocenters. The first-order valence-corrected chi connectivity index (χ1v) is 6.80. The van der Waals surface area contributed by atoms with Crippen molar-refractivity contribution in [3.8, 4) is 0 Å². The van der Waals surface area contributed by atoms with E-state index in [4.69, 9.17) is 4.74 Å². The lowest BCUT2D eigenvalue weighted by Crippen LogP contribution is -2.62. The number of nitrogens with one attached hydrogen (secondary N) is 1. The quantitative estimate of drug-likeness (QED) is 0.906. The fraction of sp³-hybridized carbons (Fsp3) is 0.467. The number of anilines is 1. The van der Waals surface area contributed by atoms with Crippen LogP contribution >= 0.6 is 0 Å². The van der Waals surface area contributed by atoms with Gasteiger partial charge in [-0.15, -0.1) is 0 Å². The molecule has 1 aromatic rings. The van der Waals surface area contributed by atoms with Gasteiger partial charge in [-0.25, -0.2) is 0 Å². The van der Waals surface area contributed by atoms with Gasteiger partial charge in [-0.2, -0.15) is 0 Å². The second kappa shape index (κ2) is 6.05. The number of para-hydroxylation sites is 1. The third-order valence-corrected chi connectivity index (χ3v) is 3.58. The largest absolute Gasteiger partial charge is 0.380 e. The molecule has 5 heteroatoms. The lowest BCUT2D eigenvalue weighted by atomic mass is 10.0. The third-order valence-electron chi connectivity index (χ3n) is 3.58. The van der Waals surface area contributed by atoms with Crippen LogP contribution in [-0.2, 0) is 20.9 Å². The van der Waals surface area contributed by atoms with Crippen LogP contribution in [0, 0.1) is 0 Å². The number of ether oxygens (including phenoxy) is 1. The Morgan fingerprint density at radius 2 is 2.00 bits per heavy atom. The molecule has 1 saturated heterocycles. The highest BCUT2D eigenvalue weighted by molar-refractivity contribution is 6.08. The van der Waals surface area contributed by atoms with E-state index in [9.17, 15) is 9.59 Å². The zero-order chi connectivity index (χ0) is 14.7. The fourth-order valence-corrected chi connectivity index (χ4v) is 2.46. The van der Waals surface area contributed by atoms with Gasteiger partial charge in [0.25, 0.3) is 0 Å². The SMILES string of the molecule is CCC1NC(=O)C(C)N(c2ccccc2COC)C1=O. The van der Waals surface area contributed by atoms with E-state index in [1.165, 1.54) is 0 Å². The molecule has 1 aromatic carbocycles. The molecule has 0 spiro atoms. The standard InChI is InChI=1S/C15H20N2O3/c1-4-12-15(19)17(10(2)14(18)16-12)13-8-6-5-7-11(13)9-20-3/h5-8,10,12H,4,9H2,1-3H3,(H,16,18). The molecule has 2 rings (SSSR count). The third kappa shape index (κ3) is 2.54. The number of methoxy groups -OCH3 is 1. The molecule has 1 aliphatic rings. The number of piperazine rings is 1. The van der Waals surface area contributed by atoms with Crippen molar-refractivity contribution in [2.75, 3.05) is 12.0 Å². The summed E-state index contributed by atoms with van der Waals surface area (Å²) in [5, 5.41) is 2.76. The maximum atomic E-state index is 12.5. The minimum Gasteiger partial charge on any atom is -0.380 e. The zero-order valence-corrected chi connectivity index (χ0v) is 12.1. The average Bonchev–Trinajstić information content (AvgIpc) is 2.45. The molecule has 1 heterocycles. The first kappa shape index (κ1) is 14.5. The van der Waals surface area contributed by atoms with Crippen LogP contribution in [0.2, 0.25) is 0 Å². The average molecular weight is 276 g/mol. The van der Waals surface area contributed by atoms with Crippen molar-refractivity contribution in [3.05, 3.63) is 29.8 Å². The van der Waals surface area contributed by atoms with Crippen LogP contribution in [0.5, 0.6) is 0 Å². The van der Waals surface area contributed by atoms with E-state index < -0.39 is 12.1 Å². The first-order chi connectivity index (χ1) is 9.60. The smallest absolute Gasteiger partial charge is 0.250 e. The molecular formula is C15H20N2O3. The number of benzene rings is 1. The molecule has 108 valence electrons. The molecule has 0 bridgehead atoms. The normalized spacial score (nSPS) is 22.9. The van der Waals surface area contributed by atoms with E-state index in [0.717, 1.165) is 11.3 Å². The van der Waals surface area contributed by atoms with Crippen LogP contribution in [0.15, 0.2) is 24.3 Å². The van der Waals surface area contributed by atoms with Crippen LogP contribution < -0.4 is 10.2 Å². The van der Waals surface area contributed by atoms with Crippen molar-refractivity contribution in [1.29, 1.82) is 0 Å². The predicted octanol–water partition coefficient (Wildman–Crippen LogP) is 1.46. The molecular weight excluding hydrogens is 256 g/mol. The van der Waals surface area contributed by atoms with E-state index in [0.29, 0.717) is 13.0 Å². The minimum atomic E-state index is -0.511. The Balaban J connectivity index is 2.42. The van der Waals surface area contributed by atoms with Crippen molar-refractivity contribution in [1.82, 2.24) is 5.32 Å². The van der Waals surface area contributed by atoms with Crippen molar-refractivity contribution >= 4 is 17.5 Å². The molecule has 2 unspecified atom stereocenters. The number of nitrogens with zero attached hydrogens (tertiary/aromatic N) is 1. The number of carbonyl (C=O) groups is 2. The summed E-state index contributed by atoms with van der Waals surface area (Å²) in [4.78, 5) is 26.2. The highest BCUT2D eigenvalue weighted by atomic mass is 16.5. The number of amides is 2. The van der Waals surface area contributed by atoms with Crippen LogP contribution in [0.3, 0.4) is 0 Å². The van der Waals surface area contributed by atoms with Gasteiger partial charge in [0.15, 0.2) is 0 Å². The number of hydrogen-bond acceptors (Lipinski definition) is 3. The van der Waals surface area contributed by atoms with E-state index in [1.807, 2.05) is 31.2 Å². The maximum absolute atomic E-state index is 12.5. The van der Waals surface area contributed by atoms with Crippen molar-refractivity contribution < 1.29 is 14.3 Å². The molecule has 1 fully saturated rings. The Bertz CT molecular complexity index is 516. The molecule has 2 amide bonds. The van der Waals surface area contributed by atoms with Gasteiger partial charge < -0.3 is 10.1 Å². The highest BCUT2D eigenvalue weighted by Gasteiger charge is 2.38. The Morgan fingerprint density at radius 3 is 2.65 bits per heavy atom. The van der Waals surface area contributed by atoms with E-state index >= 15 is 0 Å². The first-order valence-electron chi connectivity index (χ1n) is 6.80. The second-order valence-electron chi connectivity index (χ2n) is 4.92. The van der Waals surface area contributed by atoms with Crippen LogP contribution in [0.25, 0.3) is 0 Å². The van der Waals surface area contributed by atoms with Gasteiger partial charge in [-0.05, 0) is 19.4 Å². The summed E-state index contributed by atoms with van der Waals surface area (Å²) in [6.45, 7) is 4.03. The summed E-state index contributed by atoms with van der Waals surface area (Å²) in [6, 6.07) is 6.56. The number of rotatable bonds is 4. The zero-order valence-electron chi connectivity index (χ0n) is 12.1. The Morgan fingerprint density at radius 1 is 1.30 bits per heavy atom. The van der Waals surface area contributed by atoms with Gasteiger partial charge in [0.05, 0.1) is 12.3 Å². The molecule has 1 N–H and O–H groups in total.